The van der Waals surface area contributed by atoms with Gasteiger partial charge in [-0.1, -0.05) is 41.9 Å². The molecule has 3 rings (SSSR count). The number of rotatable bonds is 3. The highest BCUT2D eigenvalue weighted by atomic mass is 35.5. The Morgan fingerprint density at radius 2 is 1.86 bits per heavy atom. The molecule has 0 atom stereocenters. The number of hydrogen-bond donors (Lipinski definition) is 2. The Kier molecular flexibility index (Phi) is 3.67. The van der Waals surface area contributed by atoms with E-state index in [2.05, 4.69) is 4.98 Å². The summed E-state index contributed by atoms with van der Waals surface area (Å²) in [5.74, 6) is -0.867. The number of aryl methyl sites for hydroxylation is 2. The van der Waals surface area contributed by atoms with Gasteiger partial charge in [-0.3, -0.25) is 4.79 Å². The highest BCUT2D eigenvalue weighted by Crippen LogP contribution is 2.37. The van der Waals surface area contributed by atoms with Crippen molar-refractivity contribution in [2.24, 2.45) is 0 Å². The lowest BCUT2D eigenvalue weighted by Crippen LogP contribution is -2.01. The zero-order valence-corrected chi connectivity index (χ0v) is 13.2. The second-order valence-corrected chi connectivity index (χ2v) is 5.89. The Hall–Kier alpha value is -2.26. The first-order valence-corrected chi connectivity index (χ1v) is 7.44. The van der Waals surface area contributed by atoms with Crippen molar-refractivity contribution in [1.82, 2.24) is 4.98 Å². The molecule has 3 nitrogen and oxygen atoms in total. The number of fused-ring (bicyclic) bond motifs is 1. The van der Waals surface area contributed by atoms with Crippen molar-refractivity contribution in [3.05, 3.63) is 58.1 Å². The SMILES string of the molecule is Cc1ccccc1-c1[nH]c2c(C)ccc(Cl)c2c1CC(=O)O. The quantitative estimate of drug-likeness (QED) is 0.734. The van der Waals surface area contributed by atoms with Gasteiger partial charge < -0.3 is 10.1 Å². The van der Waals surface area contributed by atoms with Crippen LogP contribution >= 0.6 is 11.6 Å². The molecule has 0 fully saturated rings. The standard InChI is InChI=1S/C18H16ClNO2/c1-10-5-3-4-6-12(10)18-13(9-15(21)22)16-14(19)8-7-11(2)17(16)20-18/h3-8,20H,9H2,1-2H3,(H,21,22). The number of carboxylic acid groups (broad SMARTS) is 1. The minimum atomic E-state index is -0.867. The minimum absolute atomic E-state index is 0.0627. The van der Waals surface area contributed by atoms with Crippen LogP contribution in [0.2, 0.25) is 5.02 Å². The summed E-state index contributed by atoms with van der Waals surface area (Å²) in [5.41, 5.74) is 5.63. The van der Waals surface area contributed by atoms with Crippen LogP contribution in [-0.4, -0.2) is 16.1 Å². The molecule has 2 N–H and O–H groups in total. The highest BCUT2D eigenvalue weighted by molar-refractivity contribution is 6.36. The third-order valence-corrected chi connectivity index (χ3v) is 4.27. The van der Waals surface area contributed by atoms with E-state index in [1.807, 2.05) is 50.2 Å². The van der Waals surface area contributed by atoms with E-state index < -0.39 is 5.97 Å². The van der Waals surface area contributed by atoms with Gasteiger partial charge in [-0.2, -0.15) is 0 Å². The van der Waals surface area contributed by atoms with Crippen molar-refractivity contribution in [2.75, 3.05) is 0 Å². The molecule has 22 heavy (non-hydrogen) atoms. The fourth-order valence-corrected chi connectivity index (χ4v) is 3.15. The average molecular weight is 314 g/mol. The first-order chi connectivity index (χ1) is 10.5. The van der Waals surface area contributed by atoms with Crippen molar-refractivity contribution < 1.29 is 9.90 Å². The number of H-pyrrole nitrogens is 1. The van der Waals surface area contributed by atoms with Crippen LogP contribution < -0.4 is 0 Å². The fraction of sp³-hybridized carbons (Fsp3) is 0.167. The summed E-state index contributed by atoms with van der Waals surface area (Å²) in [7, 11) is 0. The molecule has 0 saturated carbocycles. The molecule has 0 radical (unpaired) electrons. The zero-order chi connectivity index (χ0) is 15.9. The largest absolute Gasteiger partial charge is 0.481 e. The molecular formula is C18H16ClNO2. The third-order valence-electron chi connectivity index (χ3n) is 3.96. The number of halogens is 1. The van der Waals surface area contributed by atoms with Gasteiger partial charge in [0.15, 0.2) is 0 Å². The maximum atomic E-state index is 11.3. The van der Waals surface area contributed by atoms with E-state index in [1.54, 1.807) is 0 Å². The molecule has 2 aromatic carbocycles. The minimum Gasteiger partial charge on any atom is -0.481 e. The molecule has 0 aliphatic rings. The van der Waals surface area contributed by atoms with Crippen molar-refractivity contribution >= 4 is 28.5 Å². The topological polar surface area (TPSA) is 53.1 Å². The number of hydrogen-bond acceptors (Lipinski definition) is 1. The Balaban J connectivity index is 2.39. The number of aliphatic carboxylic acids is 1. The van der Waals surface area contributed by atoms with E-state index in [9.17, 15) is 9.90 Å². The first-order valence-electron chi connectivity index (χ1n) is 7.06. The number of aromatic nitrogens is 1. The number of aromatic amines is 1. The van der Waals surface area contributed by atoms with Gasteiger partial charge in [-0.15, -0.1) is 0 Å². The second kappa shape index (κ2) is 5.50. The summed E-state index contributed by atoms with van der Waals surface area (Å²) in [6.07, 6.45) is -0.0627. The number of carbonyl (C=O) groups is 1. The molecule has 3 aromatic rings. The van der Waals surface area contributed by atoms with Crippen molar-refractivity contribution in [1.29, 1.82) is 0 Å². The van der Waals surface area contributed by atoms with E-state index in [-0.39, 0.29) is 6.42 Å². The van der Waals surface area contributed by atoms with Gasteiger partial charge in [-0.05, 0) is 36.6 Å². The van der Waals surface area contributed by atoms with Crippen molar-refractivity contribution in [3.63, 3.8) is 0 Å². The van der Waals surface area contributed by atoms with Gasteiger partial charge >= 0.3 is 5.97 Å². The third kappa shape index (κ3) is 2.38. The molecule has 112 valence electrons. The lowest BCUT2D eigenvalue weighted by atomic mass is 9.99. The lowest BCUT2D eigenvalue weighted by Gasteiger charge is -2.06. The number of nitrogens with one attached hydrogen (secondary N) is 1. The van der Waals surface area contributed by atoms with Gasteiger partial charge in [-0.25, -0.2) is 0 Å². The Bertz CT molecular complexity index is 880. The zero-order valence-electron chi connectivity index (χ0n) is 12.4. The monoisotopic (exact) mass is 313 g/mol. The van der Waals surface area contributed by atoms with Crippen molar-refractivity contribution in [3.8, 4) is 11.3 Å². The molecule has 0 aliphatic heterocycles. The summed E-state index contributed by atoms with van der Waals surface area (Å²) >= 11 is 6.35. The predicted octanol–water partition coefficient (Wildman–Crippen LogP) is 4.73. The summed E-state index contributed by atoms with van der Waals surface area (Å²) < 4.78 is 0. The first kappa shape index (κ1) is 14.7. The number of carboxylic acids is 1. The normalized spacial score (nSPS) is 11.0. The molecule has 1 heterocycles. The number of benzene rings is 2. The van der Waals surface area contributed by atoms with Crippen LogP contribution in [0.1, 0.15) is 16.7 Å². The summed E-state index contributed by atoms with van der Waals surface area (Å²) in [4.78, 5) is 14.7. The Morgan fingerprint density at radius 3 is 2.55 bits per heavy atom. The molecule has 0 spiro atoms. The molecular weight excluding hydrogens is 298 g/mol. The van der Waals surface area contributed by atoms with E-state index in [1.165, 1.54) is 0 Å². The average Bonchev–Trinajstić information content (AvgIpc) is 2.83. The molecule has 0 bridgehead atoms. The summed E-state index contributed by atoms with van der Waals surface area (Å²) in [5, 5.41) is 10.7. The lowest BCUT2D eigenvalue weighted by molar-refractivity contribution is -0.136. The molecule has 1 aromatic heterocycles. The Morgan fingerprint density at radius 1 is 1.14 bits per heavy atom. The van der Waals surface area contributed by atoms with E-state index in [0.717, 1.165) is 38.9 Å². The maximum absolute atomic E-state index is 11.3. The molecule has 0 aliphatic carbocycles. The van der Waals surface area contributed by atoms with Crippen LogP contribution in [0, 0.1) is 13.8 Å². The summed E-state index contributed by atoms with van der Waals surface area (Å²) in [6, 6.07) is 11.7. The van der Waals surface area contributed by atoms with E-state index >= 15 is 0 Å². The van der Waals surface area contributed by atoms with E-state index in [0.29, 0.717) is 5.02 Å². The van der Waals surface area contributed by atoms with Crippen LogP contribution in [0.4, 0.5) is 0 Å². The van der Waals surface area contributed by atoms with Crippen LogP contribution in [0.3, 0.4) is 0 Å². The van der Waals surface area contributed by atoms with Gasteiger partial charge in [0.2, 0.25) is 0 Å². The highest BCUT2D eigenvalue weighted by Gasteiger charge is 2.19. The van der Waals surface area contributed by atoms with Gasteiger partial charge in [0.1, 0.15) is 0 Å². The molecule has 4 heteroatoms. The van der Waals surface area contributed by atoms with Crippen LogP contribution in [0.5, 0.6) is 0 Å². The predicted molar refractivity (Wildman–Crippen MR) is 89.6 cm³/mol. The van der Waals surface area contributed by atoms with Gasteiger partial charge in [0.05, 0.1) is 22.7 Å². The van der Waals surface area contributed by atoms with Gasteiger partial charge in [0.25, 0.3) is 0 Å². The Labute approximate surface area is 133 Å². The summed E-state index contributed by atoms with van der Waals surface area (Å²) in [6.45, 7) is 4.00. The van der Waals surface area contributed by atoms with E-state index in [4.69, 9.17) is 11.6 Å². The second-order valence-electron chi connectivity index (χ2n) is 5.48. The van der Waals surface area contributed by atoms with Gasteiger partial charge in [0, 0.05) is 10.9 Å². The fourth-order valence-electron chi connectivity index (χ4n) is 2.87. The molecule has 0 amide bonds. The van der Waals surface area contributed by atoms with Crippen molar-refractivity contribution in [2.45, 2.75) is 20.3 Å². The smallest absolute Gasteiger partial charge is 0.307 e. The van der Waals surface area contributed by atoms with Crippen LogP contribution in [0.15, 0.2) is 36.4 Å². The van der Waals surface area contributed by atoms with Crippen LogP contribution in [0.25, 0.3) is 22.2 Å². The molecule has 0 saturated heterocycles. The maximum Gasteiger partial charge on any atom is 0.307 e. The molecule has 0 unspecified atom stereocenters. The van der Waals surface area contributed by atoms with Crippen LogP contribution in [-0.2, 0) is 11.2 Å².